The van der Waals surface area contributed by atoms with E-state index in [1.165, 1.54) is 0 Å². The van der Waals surface area contributed by atoms with E-state index in [0.29, 0.717) is 17.2 Å². The zero-order chi connectivity index (χ0) is 24.5. The zero-order valence-electron chi connectivity index (χ0n) is 19.2. The molecule has 3 rings (SSSR count). The maximum Gasteiger partial charge on any atom is 0.261 e. The van der Waals surface area contributed by atoms with Gasteiger partial charge in [-0.1, -0.05) is 70.0 Å². The van der Waals surface area contributed by atoms with Gasteiger partial charge in [-0.15, -0.1) is 0 Å². The molecule has 5 nitrogen and oxygen atoms in total. The van der Waals surface area contributed by atoms with Crippen LogP contribution in [0, 0.1) is 0 Å². The molecule has 0 bridgehead atoms. The summed E-state index contributed by atoms with van der Waals surface area (Å²) in [6, 6.07) is 23.5. The van der Waals surface area contributed by atoms with Crippen LogP contribution in [0.5, 0.6) is 5.75 Å². The van der Waals surface area contributed by atoms with E-state index >= 15 is 0 Å². The van der Waals surface area contributed by atoms with Crippen molar-refractivity contribution in [2.24, 2.45) is 0 Å². The van der Waals surface area contributed by atoms with Crippen LogP contribution in [0.15, 0.2) is 83.3 Å². The molecule has 0 heterocycles. The summed E-state index contributed by atoms with van der Waals surface area (Å²) in [5, 5.41) is 3.58. The Morgan fingerprint density at radius 1 is 0.941 bits per heavy atom. The Morgan fingerprint density at radius 3 is 2.21 bits per heavy atom. The van der Waals surface area contributed by atoms with E-state index in [1.807, 2.05) is 68.4 Å². The number of amides is 2. The highest BCUT2D eigenvalue weighted by Gasteiger charge is 2.31. The van der Waals surface area contributed by atoms with Crippen LogP contribution in [0.2, 0.25) is 5.02 Å². The molecule has 0 saturated heterocycles. The Morgan fingerprint density at radius 2 is 1.59 bits per heavy atom. The number of nitrogens with one attached hydrogen (secondary N) is 1. The molecule has 0 aliphatic heterocycles. The molecule has 3 aromatic rings. The minimum absolute atomic E-state index is 0.0581. The van der Waals surface area contributed by atoms with Crippen LogP contribution in [0.1, 0.15) is 25.0 Å². The minimum Gasteiger partial charge on any atom is -0.484 e. The van der Waals surface area contributed by atoms with Crippen LogP contribution in [-0.2, 0) is 22.6 Å². The fourth-order valence-electron chi connectivity index (χ4n) is 3.48. The first-order chi connectivity index (χ1) is 16.3. The van der Waals surface area contributed by atoms with E-state index in [2.05, 4.69) is 21.2 Å². The van der Waals surface area contributed by atoms with Crippen molar-refractivity contribution in [3.8, 4) is 5.75 Å². The lowest BCUT2D eigenvalue weighted by atomic mass is 10.0. The number of hydrogen-bond donors (Lipinski definition) is 1. The molecule has 34 heavy (non-hydrogen) atoms. The summed E-state index contributed by atoms with van der Waals surface area (Å²) in [6.07, 6.45) is 0.386. The Bertz CT molecular complexity index is 1070. The van der Waals surface area contributed by atoms with Crippen molar-refractivity contribution in [1.82, 2.24) is 10.2 Å². The van der Waals surface area contributed by atoms with E-state index in [0.717, 1.165) is 15.6 Å². The normalized spacial score (nSPS) is 11.7. The fraction of sp³-hybridized carbons (Fsp3) is 0.259. The third kappa shape index (κ3) is 7.89. The van der Waals surface area contributed by atoms with E-state index in [9.17, 15) is 9.59 Å². The van der Waals surface area contributed by atoms with Gasteiger partial charge in [0, 0.05) is 28.5 Å². The lowest BCUT2D eigenvalue weighted by Gasteiger charge is -2.32. The lowest BCUT2D eigenvalue weighted by molar-refractivity contribution is -0.143. The van der Waals surface area contributed by atoms with Crippen LogP contribution in [-0.4, -0.2) is 35.4 Å². The Labute approximate surface area is 214 Å². The Hall–Kier alpha value is -2.83. The van der Waals surface area contributed by atoms with Gasteiger partial charge in [0.25, 0.3) is 5.91 Å². The number of carbonyl (C=O) groups is 2. The smallest absolute Gasteiger partial charge is 0.261 e. The van der Waals surface area contributed by atoms with Crippen molar-refractivity contribution in [1.29, 1.82) is 0 Å². The number of ether oxygens (including phenoxy) is 1. The number of hydrogen-bond acceptors (Lipinski definition) is 3. The maximum atomic E-state index is 13.5. The van der Waals surface area contributed by atoms with Gasteiger partial charge in [-0.2, -0.15) is 0 Å². The molecule has 0 aliphatic rings. The van der Waals surface area contributed by atoms with Crippen LogP contribution in [0.4, 0.5) is 0 Å². The maximum absolute atomic E-state index is 13.5. The Kier molecular flexibility index (Phi) is 9.54. The highest BCUT2D eigenvalue weighted by atomic mass is 79.9. The van der Waals surface area contributed by atoms with Gasteiger partial charge in [0.15, 0.2) is 6.61 Å². The average molecular weight is 544 g/mol. The van der Waals surface area contributed by atoms with E-state index in [4.69, 9.17) is 16.3 Å². The first-order valence-electron chi connectivity index (χ1n) is 11.1. The summed E-state index contributed by atoms with van der Waals surface area (Å²) < 4.78 is 6.68. The first-order valence-corrected chi connectivity index (χ1v) is 12.3. The quantitative estimate of drug-likeness (QED) is 0.360. The fourth-order valence-corrected chi connectivity index (χ4v) is 3.87. The van der Waals surface area contributed by atoms with Gasteiger partial charge in [0.05, 0.1) is 0 Å². The largest absolute Gasteiger partial charge is 0.484 e. The average Bonchev–Trinajstić information content (AvgIpc) is 2.82. The molecular weight excluding hydrogens is 516 g/mol. The third-order valence-electron chi connectivity index (χ3n) is 5.14. The monoisotopic (exact) mass is 542 g/mol. The molecular formula is C27H28BrClN2O3. The van der Waals surface area contributed by atoms with E-state index in [-0.39, 0.29) is 31.0 Å². The first kappa shape index (κ1) is 25.8. The summed E-state index contributed by atoms with van der Waals surface area (Å²) in [7, 11) is 0. The van der Waals surface area contributed by atoms with Crippen molar-refractivity contribution >= 4 is 39.3 Å². The second kappa shape index (κ2) is 12.6. The zero-order valence-corrected chi connectivity index (χ0v) is 21.6. The predicted octanol–water partition coefficient (Wildman–Crippen LogP) is 5.65. The van der Waals surface area contributed by atoms with Gasteiger partial charge < -0.3 is 15.0 Å². The highest BCUT2D eigenvalue weighted by molar-refractivity contribution is 9.10. The minimum atomic E-state index is -0.707. The van der Waals surface area contributed by atoms with Crippen LogP contribution < -0.4 is 10.1 Å². The molecule has 178 valence electrons. The molecule has 1 atom stereocenters. The SMILES string of the molecule is CC(C)NC(=O)C(Cc1ccccc1)N(Cc1ccc(Cl)cc1)C(=O)COc1ccc(Br)cc1. The summed E-state index contributed by atoms with van der Waals surface area (Å²) in [6.45, 7) is 3.87. The standard InChI is InChI=1S/C27H28BrClN2O3/c1-19(2)30-27(33)25(16-20-6-4-3-5-7-20)31(17-21-8-12-23(29)13-9-21)26(32)18-34-24-14-10-22(28)11-15-24/h3-15,19,25H,16-18H2,1-2H3,(H,30,33). The molecule has 0 aliphatic carbocycles. The molecule has 2 amide bonds. The van der Waals surface area contributed by atoms with Crippen molar-refractivity contribution in [3.05, 3.63) is 99.5 Å². The highest BCUT2D eigenvalue weighted by Crippen LogP contribution is 2.19. The van der Waals surface area contributed by atoms with Crippen molar-refractivity contribution in [2.75, 3.05) is 6.61 Å². The number of nitrogens with zero attached hydrogens (tertiary/aromatic N) is 1. The van der Waals surface area contributed by atoms with Gasteiger partial charge in [-0.05, 0) is 61.4 Å². The molecule has 0 aromatic heterocycles. The molecule has 0 fully saturated rings. The van der Waals surface area contributed by atoms with Crippen LogP contribution in [0.3, 0.4) is 0 Å². The summed E-state index contributed by atoms with van der Waals surface area (Å²) >= 11 is 9.44. The van der Waals surface area contributed by atoms with Crippen molar-refractivity contribution in [2.45, 2.75) is 38.9 Å². The second-order valence-corrected chi connectivity index (χ2v) is 9.61. The van der Waals surface area contributed by atoms with Gasteiger partial charge >= 0.3 is 0 Å². The second-order valence-electron chi connectivity index (χ2n) is 8.26. The molecule has 0 spiro atoms. The number of benzene rings is 3. The number of rotatable bonds is 10. The van der Waals surface area contributed by atoms with E-state index in [1.54, 1.807) is 29.2 Å². The summed E-state index contributed by atoms with van der Waals surface area (Å²) in [5.74, 6) is 0.0942. The summed E-state index contributed by atoms with van der Waals surface area (Å²) in [5.41, 5.74) is 1.84. The molecule has 0 saturated carbocycles. The number of carbonyl (C=O) groups excluding carboxylic acids is 2. The number of halogens is 2. The lowest BCUT2D eigenvalue weighted by Crippen LogP contribution is -2.52. The van der Waals surface area contributed by atoms with Crippen LogP contribution >= 0.6 is 27.5 Å². The van der Waals surface area contributed by atoms with Gasteiger partial charge in [0.2, 0.25) is 5.91 Å². The summed E-state index contributed by atoms with van der Waals surface area (Å²) in [4.78, 5) is 28.3. The topological polar surface area (TPSA) is 58.6 Å². The van der Waals surface area contributed by atoms with Crippen molar-refractivity contribution < 1.29 is 14.3 Å². The molecule has 7 heteroatoms. The van der Waals surface area contributed by atoms with Crippen molar-refractivity contribution in [3.63, 3.8) is 0 Å². The molecule has 1 N–H and O–H groups in total. The third-order valence-corrected chi connectivity index (χ3v) is 5.92. The molecule has 1 unspecified atom stereocenters. The van der Waals surface area contributed by atoms with Gasteiger partial charge in [0.1, 0.15) is 11.8 Å². The molecule has 0 radical (unpaired) electrons. The molecule has 3 aromatic carbocycles. The van der Waals surface area contributed by atoms with Gasteiger partial charge in [-0.25, -0.2) is 0 Å². The predicted molar refractivity (Wildman–Crippen MR) is 139 cm³/mol. The Balaban J connectivity index is 1.89. The van der Waals surface area contributed by atoms with Gasteiger partial charge in [-0.3, -0.25) is 9.59 Å². The van der Waals surface area contributed by atoms with Crippen LogP contribution in [0.25, 0.3) is 0 Å². The van der Waals surface area contributed by atoms with E-state index < -0.39 is 6.04 Å².